The van der Waals surface area contributed by atoms with Gasteiger partial charge < -0.3 is 5.32 Å². The number of aromatic nitrogens is 1. The van der Waals surface area contributed by atoms with E-state index in [4.69, 9.17) is 0 Å². The van der Waals surface area contributed by atoms with E-state index < -0.39 is 15.4 Å². The van der Waals surface area contributed by atoms with Gasteiger partial charge in [0.25, 0.3) is 5.56 Å². The summed E-state index contributed by atoms with van der Waals surface area (Å²) in [4.78, 5) is 25.2. The van der Waals surface area contributed by atoms with Gasteiger partial charge in [-0.05, 0) is 42.0 Å². The molecule has 0 spiro atoms. The van der Waals surface area contributed by atoms with Crippen LogP contribution in [0.25, 0.3) is 10.9 Å². The minimum atomic E-state index is -4.01. The minimum absolute atomic E-state index is 0.0420. The van der Waals surface area contributed by atoms with Gasteiger partial charge in [-0.3, -0.25) is 14.2 Å². The molecule has 152 valence electrons. The van der Waals surface area contributed by atoms with Gasteiger partial charge in [-0.2, -0.15) is 0 Å². The Kier molecular flexibility index (Phi) is 6.17. The number of carbonyl (C=O) groups is 1. The topological polar surface area (TPSA) is 85.2 Å². The number of hydrogen-bond donors (Lipinski definition) is 1. The molecule has 0 radical (unpaired) electrons. The summed E-state index contributed by atoms with van der Waals surface area (Å²) in [6.45, 7) is 4.38. The number of rotatable bonds is 7. The average molecular weight is 413 g/mol. The molecule has 0 aliphatic heterocycles. The SMILES string of the molecule is CC(C)CCNC(=O)Cn1c(=O)c(S(=O)(=O)c2ccccc2)cc2ccccc21. The molecule has 6 nitrogen and oxygen atoms in total. The molecule has 3 rings (SSSR count). The van der Waals surface area contributed by atoms with E-state index in [1.54, 1.807) is 42.5 Å². The molecule has 29 heavy (non-hydrogen) atoms. The lowest BCUT2D eigenvalue weighted by Gasteiger charge is -2.14. The summed E-state index contributed by atoms with van der Waals surface area (Å²) in [5.41, 5.74) is -0.185. The standard InChI is InChI=1S/C22H24N2O4S/c1-16(2)12-13-23-21(25)15-24-19-11-7-6-8-17(19)14-20(22(24)26)29(27,28)18-9-4-3-5-10-18/h3-11,14,16H,12-13,15H2,1-2H3,(H,23,25). The first-order valence-corrected chi connectivity index (χ1v) is 11.0. The number of fused-ring (bicyclic) bond motifs is 1. The maximum atomic E-state index is 13.1. The Morgan fingerprint density at radius 1 is 1.03 bits per heavy atom. The summed E-state index contributed by atoms with van der Waals surface area (Å²) < 4.78 is 27.4. The van der Waals surface area contributed by atoms with E-state index >= 15 is 0 Å². The van der Waals surface area contributed by atoms with Gasteiger partial charge in [-0.25, -0.2) is 8.42 Å². The van der Waals surface area contributed by atoms with Gasteiger partial charge in [0.05, 0.1) is 10.4 Å². The van der Waals surface area contributed by atoms with Crippen LogP contribution in [0, 0.1) is 5.92 Å². The molecular weight excluding hydrogens is 388 g/mol. The number of carbonyl (C=O) groups excluding carboxylic acids is 1. The Bertz CT molecular complexity index is 1180. The van der Waals surface area contributed by atoms with Crippen LogP contribution >= 0.6 is 0 Å². The fourth-order valence-electron chi connectivity index (χ4n) is 3.08. The summed E-state index contributed by atoms with van der Waals surface area (Å²) in [6.07, 6.45) is 0.823. The molecule has 7 heteroatoms. The van der Waals surface area contributed by atoms with Crippen molar-refractivity contribution in [3.8, 4) is 0 Å². The zero-order valence-corrected chi connectivity index (χ0v) is 17.3. The van der Waals surface area contributed by atoms with Crippen molar-refractivity contribution in [3.63, 3.8) is 0 Å². The predicted molar refractivity (Wildman–Crippen MR) is 113 cm³/mol. The highest BCUT2D eigenvalue weighted by Gasteiger charge is 2.24. The van der Waals surface area contributed by atoms with E-state index in [1.807, 2.05) is 0 Å². The number of nitrogens with zero attached hydrogens (tertiary/aromatic N) is 1. The maximum Gasteiger partial charge on any atom is 0.270 e. The molecule has 3 aromatic rings. The van der Waals surface area contributed by atoms with Crippen LogP contribution in [0.2, 0.25) is 0 Å². The van der Waals surface area contributed by atoms with E-state index in [0.717, 1.165) is 6.42 Å². The zero-order valence-electron chi connectivity index (χ0n) is 16.5. The summed E-state index contributed by atoms with van der Waals surface area (Å²) in [5, 5.41) is 3.38. The van der Waals surface area contributed by atoms with Crippen molar-refractivity contribution in [1.29, 1.82) is 0 Å². The van der Waals surface area contributed by atoms with Crippen LogP contribution in [0.15, 0.2) is 75.2 Å². The molecule has 0 unspecified atom stereocenters. The second-order valence-electron chi connectivity index (χ2n) is 7.31. The first-order chi connectivity index (χ1) is 13.8. The van der Waals surface area contributed by atoms with E-state index in [-0.39, 0.29) is 22.2 Å². The molecule has 1 heterocycles. The van der Waals surface area contributed by atoms with Crippen LogP contribution < -0.4 is 10.9 Å². The zero-order chi connectivity index (χ0) is 21.0. The van der Waals surface area contributed by atoms with Gasteiger partial charge >= 0.3 is 0 Å². The van der Waals surface area contributed by atoms with Crippen molar-refractivity contribution < 1.29 is 13.2 Å². The fraction of sp³-hybridized carbons (Fsp3) is 0.273. The van der Waals surface area contributed by atoms with E-state index in [1.165, 1.54) is 22.8 Å². The molecular formula is C22H24N2O4S. The number of amides is 1. The fourth-order valence-corrected chi connectivity index (χ4v) is 4.47. The molecule has 1 aromatic heterocycles. The van der Waals surface area contributed by atoms with Crippen molar-refractivity contribution in [2.45, 2.75) is 36.6 Å². The van der Waals surface area contributed by atoms with Crippen LogP contribution in [0.3, 0.4) is 0 Å². The monoisotopic (exact) mass is 412 g/mol. The quantitative estimate of drug-likeness (QED) is 0.646. The third-order valence-corrected chi connectivity index (χ3v) is 6.42. The lowest BCUT2D eigenvalue weighted by molar-refractivity contribution is -0.121. The highest BCUT2D eigenvalue weighted by Crippen LogP contribution is 2.21. The second-order valence-corrected chi connectivity index (χ2v) is 9.23. The molecule has 0 fully saturated rings. The Morgan fingerprint density at radius 2 is 1.69 bits per heavy atom. The lowest BCUT2D eigenvalue weighted by atomic mass is 10.1. The van der Waals surface area contributed by atoms with Gasteiger partial charge in [-0.1, -0.05) is 50.2 Å². The van der Waals surface area contributed by atoms with E-state index in [0.29, 0.717) is 23.4 Å². The van der Waals surface area contributed by atoms with Crippen LogP contribution in [0.5, 0.6) is 0 Å². The minimum Gasteiger partial charge on any atom is -0.355 e. The van der Waals surface area contributed by atoms with Gasteiger partial charge in [0.15, 0.2) is 0 Å². The molecule has 2 aromatic carbocycles. The van der Waals surface area contributed by atoms with Crippen LogP contribution in [0.1, 0.15) is 20.3 Å². The largest absolute Gasteiger partial charge is 0.355 e. The number of sulfone groups is 1. The first-order valence-electron chi connectivity index (χ1n) is 9.50. The third kappa shape index (κ3) is 4.56. The van der Waals surface area contributed by atoms with Crippen molar-refractivity contribution >= 4 is 26.6 Å². The van der Waals surface area contributed by atoms with Gasteiger partial charge in [0.2, 0.25) is 15.7 Å². The van der Waals surface area contributed by atoms with Gasteiger partial charge in [-0.15, -0.1) is 0 Å². The number of para-hydroxylation sites is 1. The molecule has 1 amide bonds. The third-order valence-electron chi connectivity index (χ3n) is 4.66. The molecule has 0 atom stereocenters. The van der Waals surface area contributed by atoms with E-state index in [9.17, 15) is 18.0 Å². The normalized spacial score (nSPS) is 11.7. The second kappa shape index (κ2) is 8.61. The lowest BCUT2D eigenvalue weighted by Crippen LogP contribution is -2.35. The first kappa shape index (κ1) is 20.8. The Morgan fingerprint density at radius 3 is 2.38 bits per heavy atom. The summed E-state index contributed by atoms with van der Waals surface area (Å²) >= 11 is 0. The molecule has 1 N–H and O–H groups in total. The predicted octanol–water partition coefficient (Wildman–Crippen LogP) is 3.00. The Labute approximate surface area is 170 Å². The summed E-state index contributed by atoms with van der Waals surface area (Å²) in [5.74, 6) is 0.116. The molecule has 0 aliphatic carbocycles. The van der Waals surface area contributed by atoms with Crippen LogP contribution in [-0.4, -0.2) is 25.4 Å². The highest BCUT2D eigenvalue weighted by atomic mass is 32.2. The number of benzene rings is 2. The molecule has 0 bridgehead atoms. The average Bonchev–Trinajstić information content (AvgIpc) is 2.70. The Balaban J connectivity index is 2.07. The van der Waals surface area contributed by atoms with Crippen molar-refractivity contribution in [2.75, 3.05) is 6.54 Å². The number of nitrogens with one attached hydrogen (secondary N) is 1. The molecule has 0 saturated carbocycles. The Hall–Kier alpha value is -2.93. The smallest absolute Gasteiger partial charge is 0.270 e. The number of hydrogen-bond acceptors (Lipinski definition) is 4. The van der Waals surface area contributed by atoms with Crippen LogP contribution in [0.4, 0.5) is 0 Å². The maximum absolute atomic E-state index is 13.1. The van der Waals surface area contributed by atoms with Crippen LogP contribution in [-0.2, 0) is 21.2 Å². The van der Waals surface area contributed by atoms with Gasteiger partial charge in [0.1, 0.15) is 11.4 Å². The highest BCUT2D eigenvalue weighted by molar-refractivity contribution is 7.91. The van der Waals surface area contributed by atoms with Crippen molar-refractivity contribution in [2.24, 2.45) is 5.92 Å². The number of pyridine rings is 1. The van der Waals surface area contributed by atoms with Crippen molar-refractivity contribution in [1.82, 2.24) is 9.88 Å². The molecule has 0 saturated heterocycles. The molecule has 0 aliphatic rings. The summed E-state index contributed by atoms with van der Waals surface area (Å²) in [6, 6.07) is 16.2. The van der Waals surface area contributed by atoms with Crippen molar-refractivity contribution in [3.05, 3.63) is 71.0 Å². The van der Waals surface area contributed by atoms with E-state index in [2.05, 4.69) is 19.2 Å². The van der Waals surface area contributed by atoms with Gasteiger partial charge in [0, 0.05) is 6.54 Å². The summed E-state index contributed by atoms with van der Waals surface area (Å²) in [7, 11) is -4.01.